The van der Waals surface area contributed by atoms with E-state index in [-0.39, 0.29) is 17.9 Å². The standard InChI is InChI=1S/C10H16FN3O/c1-6(2)4-7(3)15-9-8(11)5-13-10(12)14-9/h5-7H,4H2,1-3H3,(H2,12,13,14). The molecule has 0 bridgehead atoms. The van der Waals surface area contributed by atoms with Gasteiger partial charge in [0.05, 0.1) is 12.3 Å². The van der Waals surface area contributed by atoms with Crippen LogP contribution in [0.4, 0.5) is 10.3 Å². The Balaban J connectivity index is 2.67. The lowest BCUT2D eigenvalue weighted by molar-refractivity contribution is 0.177. The molecule has 5 heteroatoms. The molecule has 0 aromatic carbocycles. The zero-order valence-corrected chi connectivity index (χ0v) is 9.20. The molecule has 1 heterocycles. The summed E-state index contributed by atoms with van der Waals surface area (Å²) in [7, 11) is 0. The number of nitrogen functional groups attached to an aromatic ring is 1. The molecular weight excluding hydrogens is 197 g/mol. The Bertz CT molecular complexity index is 330. The zero-order chi connectivity index (χ0) is 11.4. The molecule has 0 radical (unpaired) electrons. The molecule has 1 aromatic heterocycles. The lowest BCUT2D eigenvalue weighted by atomic mass is 10.1. The molecule has 0 spiro atoms. The van der Waals surface area contributed by atoms with Gasteiger partial charge >= 0.3 is 0 Å². The van der Waals surface area contributed by atoms with Crippen molar-refractivity contribution in [2.45, 2.75) is 33.3 Å². The number of aromatic nitrogens is 2. The van der Waals surface area contributed by atoms with E-state index in [1.807, 2.05) is 6.92 Å². The predicted molar refractivity (Wildman–Crippen MR) is 55.9 cm³/mol. The van der Waals surface area contributed by atoms with Crippen molar-refractivity contribution in [3.8, 4) is 5.88 Å². The zero-order valence-electron chi connectivity index (χ0n) is 9.20. The van der Waals surface area contributed by atoms with Crippen LogP contribution >= 0.6 is 0 Å². The molecule has 0 amide bonds. The summed E-state index contributed by atoms with van der Waals surface area (Å²) in [5.41, 5.74) is 5.34. The molecule has 0 aliphatic rings. The first kappa shape index (κ1) is 11.7. The second-order valence-electron chi connectivity index (χ2n) is 3.94. The molecule has 2 N–H and O–H groups in total. The number of ether oxygens (including phenoxy) is 1. The number of nitrogens with two attached hydrogens (primary N) is 1. The highest BCUT2D eigenvalue weighted by atomic mass is 19.1. The van der Waals surface area contributed by atoms with Crippen LogP contribution in [0.2, 0.25) is 0 Å². The summed E-state index contributed by atoms with van der Waals surface area (Å²) in [5, 5.41) is 0. The normalized spacial score (nSPS) is 12.9. The minimum Gasteiger partial charge on any atom is -0.472 e. The van der Waals surface area contributed by atoms with Crippen molar-refractivity contribution in [3.05, 3.63) is 12.0 Å². The van der Waals surface area contributed by atoms with Crippen LogP contribution in [0.25, 0.3) is 0 Å². The maximum atomic E-state index is 13.2. The Labute approximate surface area is 88.7 Å². The highest BCUT2D eigenvalue weighted by Gasteiger charge is 2.12. The van der Waals surface area contributed by atoms with E-state index in [2.05, 4.69) is 23.8 Å². The van der Waals surface area contributed by atoms with Crippen LogP contribution in [-0.2, 0) is 0 Å². The van der Waals surface area contributed by atoms with E-state index in [9.17, 15) is 4.39 Å². The third-order valence-electron chi connectivity index (χ3n) is 1.85. The summed E-state index contributed by atoms with van der Waals surface area (Å²) in [6.45, 7) is 6.02. The first-order valence-corrected chi connectivity index (χ1v) is 4.93. The summed E-state index contributed by atoms with van der Waals surface area (Å²) in [5.74, 6) is -0.152. The fourth-order valence-corrected chi connectivity index (χ4v) is 1.35. The largest absolute Gasteiger partial charge is 0.472 e. The molecule has 1 atom stereocenters. The van der Waals surface area contributed by atoms with Gasteiger partial charge in [0, 0.05) is 0 Å². The van der Waals surface area contributed by atoms with Crippen molar-refractivity contribution in [2.75, 3.05) is 5.73 Å². The second-order valence-corrected chi connectivity index (χ2v) is 3.94. The lowest BCUT2D eigenvalue weighted by Gasteiger charge is -2.15. The Morgan fingerprint density at radius 3 is 2.73 bits per heavy atom. The third kappa shape index (κ3) is 3.69. The van der Waals surface area contributed by atoms with Crippen LogP contribution in [0.15, 0.2) is 6.20 Å². The van der Waals surface area contributed by atoms with Gasteiger partial charge in [-0.15, -0.1) is 0 Å². The second kappa shape index (κ2) is 4.91. The van der Waals surface area contributed by atoms with Crippen molar-refractivity contribution in [3.63, 3.8) is 0 Å². The van der Waals surface area contributed by atoms with E-state index in [1.165, 1.54) is 0 Å². The van der Waals surface area contributed by atoms with Crippen molar-refractivity contribution in [2.24, 2.45) is 5.92 Å². The van der Waals surface area contributed by atoms with Gasteiger partial charge in [-0.1, -0.05) is 13.8 Å². The van der Waals surface area contributed by atoms with Crippen LogP contribution in [0.1, 0.15) is 27.2 Å². The molecule has 84 valence electrons. The molecule has 1 unspecified atom stereocenters. The summed E-state index contributed by atoms with van der Waals surface area (Å²) < 4.78 is 18.5. The summed E-state index contributed by atoms with van der Waals surface area (Å²) >= 11 is 0. The molecule has 15 heavy (non-hydrogen) atoms. The van der Waals surface area contributed by atoms with Gasteiger partial charge in [0.15, 0.2) is 0 Å². The van der Waals surface area contributed by atoms with Crippen LogP contribution in [-0.4, -0.2) is 16.1 Å². The lowest BCUT2D eigenvalue weighted by Crippen LogP contribution is -2.16. The van der Waals surface area contributed by atoms with Crippen molar-refractivity contribution in [1.29, 1.82) is 0 Å². The van der Waals surface area contributed by atoms with Gasteiger partial charge in [-0.3, -0.25) is 0 Å². The summed E-state index contributed by atoms with van der Waals surface area (Å²) in [4.78, 5) is 7.21. The number of hydrogen-bond donors (Lipinski definition) is 1. The highest BCUT2D eigenvalue weighted by molar-refractivity contribution is 5.22. The van der Waals surface area contributed by atoms with E-state index in [1.54, 1.807) is 0 Å². The SMILES string of the molecule is CC(C)CC(C)Oc1nc(N)ncc1F. The van der Waals surface area contributed by atoms with Gasteiger partial charge in [-0.25, -0.2) is 4.98 Å². The van der Waals surface area contributed by atoms with Gasteiger partial charge in [-0.05, 0) is 19.3 Å². The molecule has 0 saturated heterocycles. The highest BCUT2D eigenvalue weighted by Crippen LogP contribution is 2.17. The first-order valence-electron chi connectivity index (χ1n) is 4.93. The predicted octanol–water partition coefficient (Wildman–Crippen LogP) is 2.01. The van der Waals surface area contributed by atoms with Crippen LogP contribution < -0.4 is 10.5 Å². The number of hydrogen-bond acceptors (Lipinski definition) is 4. The molecule has 0 aliphatic carbocycles. The van der Waals surface area contributed by atoms with Gasteiger partial charge in [0.2, 0.25) is 11.8 Å². The summed E-state index contributed by atoms with van der Waals surface area (Å²) in [6.07, 6.45) is 1.76. The quantitative estimate of drug-likeness (QED) is 0.831. The Kier molecular flexibility index (Phi) is 3.82. The van der Waals surface area contributed by atoms with Crippen molar-refractivity contribution >= 4 is 5.95 Å². The number of anilines is 1. The average Bonchev–Trinajstić information content (AvgIpc) is 2.10. The van der Waals surface area contributed by atoms with E-state index in [0.717, 1.165) is 12.6 Å². The fourth-order valence-electron chi connectivity index (χ4n) is 1.35. The van der Waals surface area contributed by atoms with Crippen LogP contribution in [0.5, 0.6) is 5.88 Å². The van der Waals surface area contributed by atoms with Gasteiger partial charge in [0.1, 0.15) is 0 Å². The monoisotopic (exact) mass is 213 g/mol. The number of halogens is 1. The minimum atomic E-state index is -0.584. The van der Waals surface area contributed by atoms with Crippen molar-refractivity contribution in [1.82, 2.24) is 9.97 Å². The maximum absolute atomic E-state index is 13.2. The molecule has 0 fully saturated rings. The topological polar surface area (TPSA) is 61.0 Å². The maximum Gasteiger partial charge on any atom is 0.255 e. The van der Waals surface area contributed by atoms with Gasteiger partial charge in [-0.2, -0.15) is 9.37 Å². The van der Waals surface area contributed by atoms with Gasteiger partial charge in [0.25, 0.3) is 5.88 Å². The Hall–Kier alpha value is -1.39. The first-order chi connectivity index (χ1) is 6.99. The molecular formula is C10H16FN3O. The average molecular weight is 213 g/mol. The Morgan fingerprint density at radius 1 is 1.47 bits per heavy atom. The van der Waals surface area contributed by atoms with E-state index in [0.29, 0.717) is 5.92 Å². The van der Waals surface area contributed by atoms with E-state index in [4.69, 9.17) is 10.5 Å². The summed E-state index contributed by atoms with van der Waals surface area (Å²) in [6, 6.07) is 0. The van der Waals surface area contributed by atoms with Gasteiger partial charge < -0.3 is 10.5 Å². The van der Waals surface area contributed by atoms with Crippen LogP contribution in [0, 0.1) is 11.7 Å². The van der Waals surface area contributed by atoms with E-state index < -0.39 is 5.82 Å². The Morgan fingerprint density at radius 2 is 2.13 bits per heavy atom. The number of rotatable bonds is 4. The third-order valence-corrected chi connectivity index (χ3v) is 1.85. The molecule has 1 aromatic rings. The minimum absolute atomic E-state index is 0.0168. The molecule has 0 aliphatic heterocycles. The van der Waals surface area contributed by atoms with Crippen LogP contribution in [0.3, 0.4) is 0 Å². The van der Waals surface area contributed by atoms with Crippen molar-refractivity contribution < 1.29 is 9.13 Å². The molecule has 1 rings (SSSR count). The molecule has 4 nitrogen and oxygen atoms in total. The molecule has 0 saturated carbocycles. The van der Waals surface area contributed by atoms with E-state index >= 15 is 0 Å². The smallest absolute Gasteiger partial charge is 0.255 e. The fraction of sp³-hybridized carbons (Fsp3) is 0.600. The number of nitrogens with zero attached hydrogens (tertiary/aromatic N) is 2.